The molecule has 1 N–H and O–H groups in total. The minimum atomic E-state index is -1.13. The Hall–Kier alpha value is -2.17. The van der Waals surface area contributed by atoms with Crippen LogP contribution in [-0.4, -0.2) is 10.1 Å². The van der Waals surface area contributed by atoms with Crippen LogP contribution in [-0.2, 0) is 0 Å². The summed E-state index contributed by atoms with van der Waals surface area (Å²) in [6.07, 6.45) is 0.136. The Labute approximate surface area is 125 Å². The van der Waals surface area contributed by atoms with Crippen LogP contribution in [0.15, 0.2) is 51.9 Å². The first kappa shape index (κ1) is 13.8. The van der Waals surface area contributed by atoms with Crippen LogP contribution in [0.3, 0.4) is 0 Å². The molecule has 0 aliphatic rings. The predicted molar refractivity (Wildman–Crippen MR) is 80.5 cm³/mol. The van der Waals surface area contributed by atoms with Gasteiger partial charge in [-0.1, -0.05) is 17.7 Å². The molecule has 0 amide bonds. The molecule has 1 unspecified atom stereocenters. The molecule has 0 bridgehead atoms. The number of aliphatic hydroxyl groups is 1. The Morgan fingerprint density at radius 3 is 2.86 bits per heavy atom. The van der Waals surface area contributed by atoms with E-state index in [4.69, 9.17) is 16.0 Å². The fourth-order valence-corrected chi connectivity index (χ4v) is 2.35. The van der Waals surface area contributed by atoms with Crippen molar-refractivity contribution in [3.8, 4) is 0 Å². The highest BCUT2D eigenvalue weighted by Gasteiger charge is 2.18. The molecule has 0 aliphatic heterocycles. The van der Waals surface area contributed by atoms with Gasteiger partial charge in [0.25, 0.3) is 0 Å². The number of aromatic nitrogens is 1. The summed E-state index contributed by atoms with van der Waals surface area (Å²) < 4.78 is 5.41. The average Bonchev–Trinajstić information content (AvgIpc) is 2.47. The zero-order chi connectivity index (χ0) is 15.0. The lowest BCUT2D eigenvalue weighted by Crippen LogP contribution is -2.15. The number of nitrogens with zero attached hydrogens (tertiary/aromatic N) is 1. The second-order valence-electron chi connectivity index (χ2n) is 4.77. The molecule has 0 saturated heterocycles. The van der Waals surface area contributed by atoms with Gasteiger partial charge in [-0.15, -0.1) is 0 Å². The molecule has 2 aromatic heterocycles. The number of benzene rings is 1. The first-order valence-electron chi connectivity index (χ1n) is 6.39. The molecule has 0 radical (unpaired) electrons. The largest absolute Gasteiger partial charge is 0.464 e. The van der Waals surface area contributed by atoms with Crippen LogP contribution >= 0.6 is 11.6 Å². The van der Waals surface area contributed by atoms with Gasteiger partial charge in [-0.25, -0.2) is 0 Å². The first-order valence-corrected chi connectivity index (χ1v) is 6.76. The van der Waals surface area contributed by atoms with E-state index < -0.39 is 6.10 Å². The molecule has 3 rings (SSSR count). The summed E-state index contributed by atoms with van der Waals surface area (Å²) in [5.41, 5.74) is 1.43. The molecule has 0 spiro atoms. The van der Waals surface area contributed by atoms with E-state index in [2.05, 4.69) is 4.98 Å². The third kappa shape index (κ3) is 2.55. The number of fused-ring (bicyclic) bond motifs is 1. The second-order valence-corrected chi connectivity index (χ2v) is 5.20. The van der Waals surface area contributed by atoms with Gasteiger partial charge in [-0.05, 0) is 37.3 Å². The Morgan fingerprint density at radius 1 is 1.29 bits per heavy atom. The van der Waals surface area contributed by atoms with Crippen LogP contribution in [0.4, 0.5) is 0 Å². The van der Waals surface area contributed by atoms with E-state index in [1.165, 1.54) is 12.3 Å². The van der Waals surface area contributed by atoms with E-state index in [-0.39, 0.29) is 11.0 Å². The fraction of sp³-hybridized carbons (Fsp3) is 0.125. The molecule has 5 heteroatoms. The number of halogens is 1. The Balaban J connectivity index is 2.16. The molecule has 0 aliphatic carbocycles. The van der Waals surface area contributed by atoms with Crippen molar-refractivity contribution < 1.29 is 9.52 Å². The fourth-order valence-electron chi connectivity index (χ4n) is 2.18. The molecule has 3 aromatic rings. The number of hydrogen-bond acceptors (Lipinski definition) is 4. The van der Waals surface area contributed by atoms with Crippen molar-refractivity contribution in [3.05, 3.63) is 74.9 Å². The molecule has 0 saturated carbocycles. The summed E-state index contributed by atoms with van der Waals surface area (Å²) in [4.78, 5) is 16.7. The maximum atomic E-state index is 12.5. The minimum Gasteiger partial charge on any atom is -0.464 e. The van der Waals surface area contributed by atoms with Crippen molar-refractivity contribution in [1.29, 1.82) is 0 Å². The van der Waals surface area contributed by atoms with Crippen LogP contribution in [0.2, 0.25) is 5.02 Å². The summed E-state index contributed by atoms with van der Waals surface area (Å²) in [6, 6.07) is 10.1. The van der Waals surface area contributed by atoms with Crippen molar-refractivity contribution in [3.63, 3.8) is 0 Å². The maximum absolute atomic E-state index is 12.5. The van der Waals surface area contributed by atoms with Gasteiger partial charge in [0.1, 0.15) is 18.0 Å². The zero-order valence-electron chi connectivity index (χ0n) is 11.2. The molecule has 21 heavy (non-hydrogen) atoms. The number of rotatable bonds is 2. The lowest BCUT2D eigenvalue weighted by molar-refractivity contribution is 0.211. The number of aryl methyl sites for hydroxylation is 1. The normalized spacial score (nSPS) is 12.5. The van der Waals surface area contributed by atoms with Gasteiger partial charge in [-0.3, -0.25) is 9.78 Å². The highest BCUT2D eigenvalue weighted by molar-refractivity contribution is 6.31. The molecule has 0 fully saturated rings. The van der Waals surface area contributed by atoms with E-state index in [0.717, 1.165) is 5.69 Å². The summed E-state index contributed by atoms with van der Waals surface area (Å²) in [7, 11) is 0. The van der Waals surface area contributed by atoms with Gasteiger partial charge in [0.05, 0.1) is 16.6 Å². The summed E-state index contributed by atoms with van der Waals surface area (Å²) in [6.45, 7) is 1.82. The van der Waals surface area contributed by atoms with E-state index in [9.17, 15) is 9.90 Å². The van der Waals surface area contributed by atoms with Crippen LogP contribution in [0, 0.1) is 6.92 Å². The lowest BCUT2D eigenvalue weighted by atomic mass is 10.1. The third-order valence-electron chi connectivity index (χ3n) is 3.25. The van der Waals surface area contributed by atoms with Crippen LogP contribution in [0.1, 0.15) is 23.1 Å². The Morgan fingerprint density at radius 2 is 2.10 bits per heavy atom. The molecule has 1 atom stereocenters. The SMILES string of the molecule is Cc1cccc(C(O)c2coc3ccc(Cl)cc3c2=O)n1. The first-order chi connectivity index (χ1) is 10.1. The molecule has 1 aromatic carbocycles. The van der Waals surface area contributed by atoms with Gasteiger partial charge in [0, 0.05) is 10.7 Å². The number of pyridine rings is 1. The van der Waals surface area contributed by atoms with Gasteiger partial charge in [0.15, 0.2) is 5.43 Å². The Bertz CT molecular complexity index is 873. The van der Waals surface area contributed by atoms with Gasteiger partial charge in [0.2, 0.25) is 0 Å². The molecule has 106 valence electrons. The average molecular weight is 302 g/mol. The summed E-state index contributed by atoms with van der Waals surface area (Å²) in [5, 5.41) is 11.1. The van der Waals surface area contributed by atoms with Gasteiger partial charge in [-0.2, -0.15) is 0 Å². The van der Waals surface area contributed by atoms with E-state index in [1.807, 2.05) is 13.0 Å². The molecular formula is C16H12ClNO3. The van der Waals surface area contributed by atoms with Crippen LogP contribution in [0.25, 0.3) is 11.0 Å². The van der Waals surface area contributed by atoms with Crippen molar-refractivity contribution in [2.75, 3.05) is 0 Å². The standard InChI is InChI=1S/C16H12ClNO3/c1-9-3-2-4-13(18-9)16(20)12-8-21-14-6-5-10(17)7-11(14)15(12)19/h2-8,16,20H,1H3. The van der Waals surface area contributed by atoms with Crippen molar-refractivity contribution in [2.45, 2.75) is 13.0 Å². The highest BCUT2D eigenvalue weighted by atomic mass is 35.5. The quantitative estimate of drug-likeness (QED) is 0.789. The van der Waals surface area contributed by atoms with Crippen LogP contribution in [0.5, 0.6) is 0 Å². The number of hydrogen-bond donors (Lipinski definition) is 1. The second kappa shape index (κ2) is 5.31. The summed E-state index contributed by atoms with van der Waals surface area (Å²) >= 11 is 5.90. The van der Waals surface area contributed by atoms with E-state index >= 15 is 0 Å². The van der Waals surface area contributed by atoms with Crippen LogP contribution < -0.4 is 5.43 Å². The van der Waals surface area contributed by atoms with Gasteiger partial charge >= 0.3 is 0 Å². The number of aliphatic hydroxyl groups excluding tert-OH is 1. The highest BCUT2D eigenvalue weighted by Crippen LogP contribution is 2.22. The third-order valence-corrected chi connectivity index (χ3v) is 3.48. The lowest BCUT2D eigenvalue weighted by Gasteiger charge is -2.10. The van der Waals surface area contributed by atoms with Crippen molar-refractivity contribution in [1.82, 2.24) is 4.98 Å². The molecular weight excluding hydrogens is 290 g/mol. The van der Waals surface area contributed by atoms with Crippen molar-refractivity contribution >= 4 is 22.6 Å². The van der Waals surface area contributed by atoms with Crippen molar-refractivity contribution in [2.24, 2.45) is 0 Å². The molecule has 2 heterocycles. The zero-order valence-corrected chi connectivity index (χ0v) is 12.0. The monoisotopic (exact) mass is 301 g/mol. The summed E-state index contributed by atoms with van der Waals surface area (Å²) in [5.74, 6) is 0. The smallest absolute Gasteiger partial charge is 0.198 e. The van der Waals surface area contributed by atoms with Gasteiger partial charge < -0.3 is 9.52 Å². The van der Waals surface area contributed by atoms with E-state index in [0.29, 0.717) is 21.7 Å². The Kier molecular flexibility index (Phi) is 3.49. The predicted octanol–water partition coefficient (Wildman–Crippen LogP) is 3.23. The maximum Gasteiger partial charge on any atom is 0.198 e. The topological polar surface area (TPSA) is 63.3 Å². The van der Waals surface area contributed by atoms with E-state index in [1.54, 1.807) is 24.3 Å². The molecule has 4 nitrogen and oxygen atoms in total. The minimum absolute atomic E-state index is 0.142.